The summed E-state index contributed by atoms with van der Waals surface area (Å²) in [5.41, 5.74) is 11.4. The Morgan fingerprint density at radius 3 is 1.85 bits per heavy atom. The minimum Gasteiger partial charge on any atom is -0.398 e. The van der Waals surface area contributed by atoms with Gasteiger partial charge in [-0.2, -0.15) is 21.6 Å². The molecule has 4 rings (SSSR count). The number of nitrogens with one attached hydrogen (secondary N) is 1. The van der Waals surface area contributed by atoms with Crippen LogP contribution in [0.5, 0.6) is 0 Å². The van der Waals surface area contributed by atoms with E-state index in [0.717, 1.165) is 28.3 Å². The molecule has 4 aromatic rings. The SMILES string of the molecule is Cc1cc(-c2cc(C)c(N=Nc3cc(S(=O)(=O)O)c4ccccc4c3NC(=O)C(F)(F)F)c(C)c2)cc(C)c1N. The minimum absolute atomic E-state index is 0.0814. The third kappa shape index (κ3) is 5.68. The Bertz CT molecular complexity index is 1770. The molecule has 0 saturated carbocycles. The number of halogens is 3. The number of nitrogens with zero attached hydrogens (tertiary/aromatic N) is 2. The van der Waals surface area contributed by atoms with Crippen LogP contribution in [0, 0.1) is 27.7 Å². The minimum atomic E-state index is -5.22. The molecule has 1 amide bonds. The molecule has 4 aromatic carbocycles. The second kappa shape index (κ2) is 10.4. The number of alkyl halides is 3. The van der Waals surface area contributed by atoms with Gasteiger partial charge in [-0.25, -0.2) is 0 Å². The molecule has 8 nitrogen and oxygen atoms in total. The maximum absolute atomic E-state index is 13.1. The molecule has 4 N–H and O–H groups in total. The zero-order chi connectivity index (χ0) is 29.6. The van der Waals surface area contributed by atoms with E-state index in [2.05, 4.69) is 10.2 Å². The Labute approximate surface area is 228 Å². The summed E-state index contributed by atoms with van der Waals surface area (Å²) in [6.07, 6.45) is -5.22. The smallest absolute Gasteiger partial charge is 0.398 e. The third-order valence-electron chi connectivity index (χ3n) is 6.44. The number of carbonyl (C=O) groups excluding carboxylic acids is 1. The van der Waals surface area contributed by atoms with Gasteiger partial charge in [-0.3, -0.25) is 9.35 Å². The van der Waals surface area contributed by atoms with Crippen LogP contribution in [0.1, 0.15) is 22.3 Å². The molecule has 0 heterocycles. The largest absolute Gasteiger partial charge is 0.471 e. The van der Waals surface area contributed by atoms with Crippen LogP contribution in [0.2, 0.25) is 0 Å². The lowest BCUT2D eigenvalue weighted by Gasteiger charge is -2.15. The predicted molar refractivity (Wildman–Crippen MR) is 148 cm³/mol. The van der Waals surface area contributed by atoms with E-state index in [0.29, 0.717) is 22.5 Å². The zero-order valence-corrected chi connectivity index (χ0v) is 22.7. The summed E-state index contributed by atoms with van der Waals surface area (Å²) in [5.74, 6) is -2.28. The van der Waals surface area contributed by atoms with E-state index in [4.69, 9.17) is 5.73 Å². The van der Waals surface area contributed by atoms with Gasteiger partial charge in [0.15, 0.2) is 0 Å². The van der Waals surface area contributed by atoms with Crippen molar-refractivity contribution in [1.29, 1.82) is 0 Å². The molecule has 0 aliphatic carbocycles. The van der Waals surface area contributed by atoms with E-state index in [1.807, 2.05) is 38.1 Å². The molecule has 0 bridgehead atoms. The van der Waals surface area contributed by atoms with E-state index in [1.165, 1.54) is 24.3 Å². The van der Waals surface area contributed by atoms with Crippen molar-refractivity contribution in [2.75, 3.05) is 11.1 Å². The zero-order valence-electron chi connectivity index (χ0n) is 21.9. The maximum atomic E-state index is 13.1. The Kier molecular flexibility index (Phi) is 7.43. The maximum Gasteiger partial charge on any atom is 0.471 e. The third-order valence-corrected chi connectivity index (χ3v) is 7.33. The Hall–Kier alpha value is -4.29. The lowest BCUT2D eigenvalue weighted by molar-refractivity contribution is -0.167. The van der Waals surface area contributed by atoms with Crippen LogP contribution in [-0.2, 0) is 14.9 Å². The van der Waals surface area contributed by atoms with Crippen LogP contribution in [0.15, 0.2) is 69.7 Å². The molecule has 0 atom stereocenters. The highest BCUT2D eigenvalue weighted by Crippen LogP contribution is 2.40. The summed E-state index contributed by atoms with van der Waals surface area (Å²) in [7, 11) is -4.82. The number of nitrogens with two attached hydrogens (primary N) is 1. The molecule has 0 aliphatic heterocycles. The van der Waals surface area contributed by atoms with Gasteiger partial charge in [0, 0.05) is 16.5 Å². The summed E-state index contributed by atoms with van der Waals surface area (Å²) < 4.78 is 73.5. The number of nitrogen functional groups attached to an aromatic ring is 1. The van der Waals surface area contributed by atoms with Crippen LogP contribution >= 0.6 is 0 Å². The van der Waals surface area contributed by atoms with Crippen LogP contribution in [0.4, 0.5) is 35.9 Å². The van der Waals surface area contributed by atoms with E-state index in [9.17, 15) is 30.9 Å². The molecule has 0 radical (unpaired) electrons. The number of aryl methyl sites for hydroxylation is 4. The average molecular weight is 571 g/mol. The van der Waals surface area contributed by atoms with Crippen LogP contribution in [0.3, 0.4) is 0 Å². The first kappa shape index (κ1) is 28.7. The molecule has 0 unspecified atom stereocenters. The van der Waals surface area contributed by atoms with Gasteiger partial charge in [0.05, 0.1) is 11.4 Å². The van der Waals surface area contributed by atoms with Gasteiger partial charge in [-0.1, -0.05) is 24.3 Å². The standard InChI is InChI=1S/C28H25F3N4O4S/c1-14-9-18(10-15(2)24(14)32)19-11-16(3)25(17(4)12-19)35-34-22-13-23(40(37,38)39)20-7-5-6-8-21(20)26(22)33-27(36)28(29,30)31/h5-13H,32H2,1-4H3,(H,33,36)(H,37,38,39). The summed E-state index contributed by atoms with van der Waals surface area (Å²) in [6, 6.07) is 14.0. The summed E-state index contributed by atoms with van der Waals surface area (Å²) in [4.78, 5) is 11.3. The van der Waals surface area contributed by atoms with Crippen molar-refractivity contribution in [3.63, 3.8) is 0 Å². The van der Waals surface area contributed by atoms with Gasteiger partial charge in [0.2, 0.25) is 0 Å². The van der Waals surface area contributed by atoms with Gasteiger partial charge in [0.1, 0.15) is 10.6 Å². The normalized spacial score (nSPS) is 12.3. The van der Waals surface area contributed by atoms with Crippen molar-refractivity contribution >= 4 is 49.5 Å². The van der Waals surface area contributed by atoms with Crippen LogP contribution in [-0.4, -0.2) is 25.1 Å². The first-order valence-electron chi connectivity index (χ1n) is 11.9. The molecule has 0 aliphatic rings. The highest BCUT2D eigenvalue weighted by Gasteiger charge is 2.39. The van der Waals surface area contributed by atoms with Gasteiger partial charge in [-0.05, 0) is 91.4 Å². The monoisotopic (exact) mass is 570 g/mol. The van der Waals surface area contributed by atoms with Crippen molar-refractivity contribution in [2.24, 2.45) is 10.2 Å². The van der Waals surface area contributed by atoms with Crippen LogP contribution in [0.25, 0.3) is 21.9 Å². The van der Waals surface area contributed by atoms with Crippen molar-refractivity contribution in [3.8, 4) is 11.1 Å². The molecular formula is C28H25F3N4O4S. The van der Waals surface area contributed by atoms with Gasteiger partial charge >= 0.3 is 12.1 Å². The van der Waals surface area contributed by atoms with E-state index in [-0.39, 0.29) is 10.8 Å². The molecule has 0 saturated heterocycles. The Morgan fingerprint density at radius 1 is 0.850 bits per heavy atom. The van der Waals surface area contributed by atoms with Crippen molar-refractivity contribution in [2.45, 2.75) is 38.8 Å². The Morgan fingerprint density at radius 2 is 1.35 bits per heavy atom. The lowest BCUT2D eigenvalue weighted by atomic mass is 9.95. The fourth-order valence-electron chi connectivity index (χ4n) is 4.46. The van der Waals surface area contributed by atoms with Gasteiger partial charge in [-0.15, -0.1) is 10.2 Å². The summed E-state index contributed by atoms with van der Waals surface area (Å²) >= 11 is 0. The number of rotatable bonds is 5. The number of amides is 1. The second-order valence-corrected chi connectivity index (χ2v) is 10.8. The summed E-state index contributed by atoms with van der Waals surface area (Å²) in [6.45, 7) is 7.37. The number of azo groups is 1. The van der Waals surface area contributed by atoms with Gasteiger partial charge < -0.3 is 11.1 Å². The topological polar surface area (TPSA) is 134 Å². The second-order valence-electron chi connectivity index (χ2n) is 9.42. The number of carbonyl (C=O) groups is 1. The highest BCUT2D eigenvalue weighted by atomic mass is 32.2. The number of hydrogen-bond acceptors (Lipinski definition) is 6. The molecular weight excluding hydrogens is 545 g/mol. The van der Waals surface area contributed by atoms with E-state index in [1.54, 1.807) is 19.2 Å². The first-order chi connectivity index (χ1) is 18.6. The van der Waals surface area contributed by atoms with Crippen LogP contribution < -0.4 is 11.1 Å². The van der Waals surface area contributed by atoms with Crippen molar-refractivity contribution < 1.29 is 30.9 Å². The summed E-state index contributed by atoms with van der Waals surface area (Å²) in [5, 5.41) is 9.86. The van der Waals surface area contributed by atoms with E-state index < -0.39 is 38.5 Å². The fraction of sp³-hybridized carbons (Fsp3) is 0.179. The van der Waals surface area contributed by atoms with Gasteiger partial charge in [0.25, 0.3) is 10.1 Å². The molecule has 208 valence electrons. The number of anilines is 2. The number of hydrogen-bond donors (Lipinski definition) is 3. The number of benzene rings is 4. The average Bonchev–Trinajstić information content (AvgIpc) is 2.85. The first-order valence-corrected chi connectivity index (χ1v) is 13.3. The molecule has 0 spiro atoms. The molecule has 0 aromatic heterocycles. The number of fused-ring (bicyclic) bond motifs is 1. The van der Waals surface area contributed by atoms with Crippen molar-refractivity contribution in [3.05, 3.63) is 76.9 Å². The van der Waals surface area contributed by atoms with Crippen molar-refractivity contribution in [1.82, 2.24) is 0 Å². The molecule has 40 heavy (non-hydrogen) atoms. The Balaban J connectivity index is 1.88. The highest BCUT2D eigenvalue weighted by molar-refractivity contribution is 7.86. The predicted octanol–water partition coefficient (Wildman–Crippen LogP) is 7.49. The molecule has 12 heteroatoms. The fourth-order valence-corrected chi connectivity index (χ4v) is 5.18. The lowest BCUT2D eigenvalue weighted by Crippen LogP contribution is -2.30. The molecule has 0 fully saturated rings. The quantitative estimate of drug-likeness (QED) is 0.130. The van der Waals surface area contributed by atoms with E-state index >= 15 is 0 Å².